The summed E-state index contributed by atoms with van der Waals surface area (Å²) >= 11 is 12.6. The standard InChI is InChI=1S/C26H35Cl2N5O4/c1-4-10-29-25(35)32-13-7-12-31(14-15-32)17-21-22(24(34)37-6-3)23(30-26(36)33(21)11-5-2)19-9-8-18(27)16-20(19)28/h5,8-9,16,23H,2,4,6-7,10-15,17H2,1,3H3,(H,29,35)(H,30,36). The van der Waals surface area contributed by atoms with Gasteiger partial charge in [-0.1, -0.05) is 42.3 Å². The van der Waals surface area contributed by atoms with Crippen LogP contribution >= 0.6 is 23.2 Å². The molecule has 9 nitrogen and oxygen atoms in total. The third-order valence-corrected chi connectivity index (χ3v) is 6.86. The van der Waals surface area contributed by atoms with Crippen LogP contribution in [0.5, 0.6) is 0 Å². The third kappa shape index (κ3) is 7.18. The molecule has 0 saturated carbocycles. The minimum absolute atomic E-state index is 0.0714. The fraction of sp³-hybridized carbons (Fsp3) is 0.500. The van der Waals surface area contributed by atoms with Crippen LogP contribution in [-0.2, 0) is 9.53 Å². The van der Waals surface area contributed by atoms with Crippen LogP contribution in [0.25, 0.3) is 0 Å². The summed E-state index contributed by atoms with van der Waals surface area (Å²) in [6, 6.07) is 3.70. The van der Waals surface area contributed by atoms with Crippen molar-refractivity contribution in [2.45, 2.75) is 32.7 Å². The Bertz CT molecular complexity index is 1050. The highest BCUT2D eigenvalue weighted by Gasteiger charge is 2.39. The molecule has 2 N–H and O–H groups in total. The molecule has 2 heterocycles. The van der Waals surface area contributed by atoms with Gasteiger partial charge in [-0.05, 0) is 37.5 Å². The summed E-state index contributed by atoms with van der Waals surface area (Å²) in [7, 11) is 0. The van der Waals surface area contributed by atoms with E-state index in [-0.39, 0.29) is 25.2 Å². The van der Waals surface area contributed by atoms with E-state index in [9.17, 15) is 14.4 Å². The Hall–Kier alpha value is -2.75. The van der Waals surface area contributed by atoms with E-state index in [1.807, 2.05) is 11.8 Å². The molecule has 0 aliphatic carbocycles. The third-order valence-electron chi connectivity index (χ3n) is 6.29. The lowest BCUT2D eigenvalue weighted by Gasteiger charge is -2.38. The van der Waals surface area contributed by atoms with Crippen LogP contribution in [-0.4, -0.2) is 85.2 Å². The monoisotopic (exact) mass is 551 g/mol. The summed E-state index contributed by atoms with van der Waals surface area (Å²) in [5, 5.41) is 6.62. The minimum Gasteiger partial charge on any atom is -0.463 e. The van der Waals surface area contributed by atoms with Gasteiger partial charge in [-0.2, -0.15) is 0 Å². The number of rotatable bonds is 9. The summed E-state index contributed by atoms with van der Waals surface area (Å²) < 4.78 is 5.44. The van der Waals surface area contributed by atoms with Crippen molar-refractivity contribution in [2.75, 3.05) is 52.4 Å². The second-order valence-electron chi connectivity index (χ2n) is 8.88. The summed E-state index contributed by atoms with van der Waals surface area (Å²) in [5.74, 6) is -0.530. The Morgan fingerprint density at radius 2 is 2.00 bits per heavy atom. The number of nitrogens with one attached hydrogen (secondary N) is 2. The lowest BCUT2D eigenvalue weighted by atomic mass is 9.94. The number of carbonyl (C=O) groups is 3. The molecule has 0 radical (unpaired) electrons. The average Bonchev–Trinajstić information content (AvgIpc) is 3.10. The molecule has 1 fully saturated rings. The smallest absolute Gasteiger partial charge is 0.338 e. The molecule has 11 heteroatoms. The van der Waals surface area contributed by atoms with Crippen molar-refractivity contribution in [3.05, 3.63) is 57.7 Å². The van der Waals surface area contributed by atoms with Crippen LogP contribution < -0.4 is 10.6 Å². The Balaban J connectivity index is 1.98. The number of esters is 1. The average molecular weight is 553 g/mol. The highest BCUT2D eigenvalue weighted by Crippen LogP contribution is 2.36. The molecule has 2 aliphatic heterocycles. The Labute approximate surface area is 228 Å². The summed E-state index contributed by atoms with van der Waals surface area (Å²) in [5.41, 5.74) is 1.39. The zero-order chi connectivity index (χ0) is 26.9. The van der Waals surface area contributed by atoms with Crippen molar-refractivity contribution in [2.24, 2.45) is 0 Å². The molecule has 1 aromatic rings. The van der Waals surface area contributed by atoms with Crippen LogP contribution in [0.4, 0.5) is 9.59 Å². The summed E-state index contributed by atoms with van der Waals surface area (Å²) in [6.45, 7) is 11.3. The van der Waals surface area contributed by atoms with E-state index in [0.717, 1.165) is 12.8 Å². The van der Waals surface area contributed by atoms with Gasteiger partial charge in [-0.3, -0.25) is 9.80 Å². The van der Waals surface area contributed by atoms with Crippen molar-refractivity contribution >= 4 is 41.2 Å². The molecule has 1 atom stereocenters. The highest BCUT2D eigenvalue weighted by atomic mass is 35.5. The molecule has 4 amide bonds. The SMILES string of the molecule is C=CCN1C(=O)NC(c2ccc(Cl)cc2Cl)C(C(=O)OCC)=C1CN1CCCN(C(=O)NCCC)CC1. The first-order valence-corrected chi connectivity index (χ1v) is 13.3. The molecular weight excluding hydrogens is 517 g/mol. The molecule has 1 aromatic carbocycles. The number of amides is 4. The molecular formula is C26H35Cl2N5O4. The van der Waals surface area contributed by atoms with Gasteiger partial charge in [0, 0.05) is 61.6 Å². The number of benzene rings is 1. The van der Waals surface area contributed by atoms with Crippen LogP contribution in [0.2, 0.25) is 10.0 Å². The Morgan fingerprint density at radius 3 is 2.68 bits per heavy atom. The Kier molecular flexibility index (Phi) is 10.7. The second-order valence-corrected chi connectivity index (χ2v) is 9.72. The van der Waals surface area contributed by atoms with E-state index in [2.05, 4.69) is 22.1 Å². The number of carbonyl (C=O) groups excluding carboxylic acids is 3. The zero-order valence-corrected chi connectivity index (χ0v) is 22.9. The van der Waals surface area contributed by atoms with E-state index in [4.69, 9.17) is 27.9 Å². The maximum Gasteiger partial charge on any atom is 0.338 e. The topological polar surface area (TPSA) is 94.2 Å². The maximum atomic E-state index is 13.3. The fourth-order valence-corrected chi connectivity index (χ4v) is 5.02. The maximum absolute atomic E-state index is 13.3. The van der Waals surface area contributed by atoms with E-state index in [0.29, 0.717) is 66.1 Å². The van der Waals surface area contributed by atoms with Crippen LogP contribution in [0.3, 0.4) is 0 Å². The summed E-state index contributed by atoms with van der Waals surface area (Å²) in [6.07, 6.45) is 3.25. The fourth-order valence-electron chi connectivity index (χ4n) is 4.50. The van der Waals surface area contributed by atoms with E-state index < -0.39 is 12.0 Å². The number of ether oxygens (including phenoxy) is 1. The van der Waals surface area contributed by atoms with E-state index in [1.165, 1.54) is 4.90 Å². The van der Waals surface area contributed by atoms with Crippen molar-refractivity contribution in [3.8, 4) is 0 Å². The van der Waals surface area contributed by atoms with E-state index >= 15 is 0 Å². The minimum atomic E-state index is -0.810. The van der Waals surface area contributed by atoms with Gasteiger partial charge < -0.3 is 20.3 Å². The lowest BCUT2D eigenvalue weighted by molar-refractivity contribution is -0.139. The lowest BCUT2D eigenvalue weighted by Crippen LogP contribution is -2.51. The van der Waals surface area contributed by atoms with Gasteiger partial charge in [0.1, 0.15) is 0 Å². The van der Waals surface area contributed by atoms with Crippen molar-refractivity contribution in [1.82, 2.24) is 25.3 Å². The van der Waals surface area contributed by atoms with E-state index in [1.54, 1.807) is 31.2 Å². The number of nitrogens with zero attached hydrogens (tertiary/aromatic N) is 3. The predicted octanol–water partition coefficient (Wildman–Crippen LogP) is 4.19. The number of hydrogen-bond donors (Lipinski definition) is 2. The number of urea groups is 2. The van der Waals surface area contributed by atoms with Gasteiger partial charge in [0.25, 0.3) is 0 Å². The highest BCUT2D eigenvalue weighted by molar-refractivity contribution is 6.35. The molecule has 0 spiro atoms. The van der Waals surface area contributed by atoms with Crippen LogP contribution in [0.15, 0.2) is 42.1 Å². The van der Waals surface area contributed by atoms with Crippen molar-refractivity contribution in [3.63, 3.8) is 0 Å². The second kappa shape index (κ2) is 13.7. The molecule has 3 rings (SSSR count). The molecule has 37 heavy (non-hydrogen) atoms. The molecule has 0 aromatic heterocycles. The zero-order valence-electron chi connectivity index (χ0n) is 21.4. The molecule has 2 aliphatic rings. The van der Waals surface area contributed by atoms with Gasteiger partial charge in [0.15, 0.2) is 0 Å². The molecule has 0 bridgehead atoms. The van der Waals surface area contributed by atoms with Crippen LogP contribution in [0.1, 0.15) is 38.3 Å². The van der Waals surface area contributed by atoms with Gasteiger partial charge in [-0.25, -0.2) is 14.4 Å². The first kappa shape index (κ1) is 28.8. The number of hydrogen-bond acceptors (Lipinski definition) is 5. The molecule has 202 valence electrons. The molecule has 1 unspecified atom stereocenters. The van der Waals surface area contributed by atoms with Crippen LogP contribution in [0, 0.1) is 0 Å². The van der Waals surface area contributed by atoms with Gasteiger partial charge >= 0.3 is 18.0 Å². The van der Waals surface area contributed by atoms with Crippen molar-refractivity contribution < 1.29 is 19.1 Å². The largest absolute Gasteiger partial charge is 0.463 e. The number of halogens is 2. The van der Waals surface area contributed by atoms with Crippen molar-refractivity contribution in [1.29, 1.82) is 0 Å². The first-order valence-electron chi connectivity index (χ1n) is 12.6. The van der Waals surface area contributed by atoms with Gasteiger partial charge in [0.05, 0.1) is 18.2 Å². The molecule has 1 saturated heterocycles. The predicted molar refractivity (Wildman–Crippen MR) is 145 cm³/mol. The van der Waals surface area contributed by atoms with Gasteiger partial charge in [0.2, 0.25) is 0 Å². The van der Waals surface area contributed by atoms with Gasteiger partial charge in [-0.15, -0.1) is 6.58 Å². The first-order chi connectivity index (χ1) is 17.8. The quantitative estimate of drug-likeness (QED) is 0.354. The normalized spacial score (nSPS) is 18.8. The Morgan fingerprint density at radius 1 is 1.22 bits per heavy atom. The summed E-state index contributed by atoms with van der Waals surface area (Å²) in [4.78, 5) is 44.6.